The van der Waals surface area contributed by atoms with Gasteiger partial charge in [-0.05, 0) is 38.6 Å². The molecule has 0 heterocycles. The van der Waals surface area contributed by atoms with Crippen LogP contribution in [0.5, 0.6) is 0 Å². The molecule has 0 bridgehead atoms. The highest BCUT2D eigenvalue weighted by molar-refractivity contribution is 5.24. The van der Waals surface area contributed by atoms with Crippen molar-refractivity contribution < 1.29 is 18.3 Å². The third-order valence-corrected chi connectivity index (χ3v) is 2.39. The SMILES string of the molecule is CN(Cc1ccc(C(F)(F)F)cc1)CC(C)(C)O. The van der Waals surface area contributed by atoms with E-state index in [9.17, 15) is 18.3 Å². The molecule has 102 valence electrons. The summed E-state index contributed by atoms with van der Waals surface area (Å²) in [5.74, 6) is 0. The molecule has 1 aromatic carbocycles. The fraction of sp³-hybridized carbons (Fsp3) is 0.538. The Hall–Kier alpha value is -1.07. The summed E-state index contributed by atoms with van der Waals surface area (Å²) in [4.78, 5) is 1.86. The first kappa shape index (κ1) is 15.0. The third-order valence-electron chi connectivity index (χ3n) is 2.39. The van der Waals surface area contributed by atoms with Crippen LogP contribution in [-0.4, -0.2) is 29.2 Å². The van der Waals surface area contributed by atoms with Gasteiger partial charge >= 0.3 is 6.18 Å². The number of likely N-dealkylation sites (N-methyl/N-ethyl adjacent to an activating group) is 1. The number of halogens is 3. The molecule has 0 aliphatic rings. The Balaban J connectivity index is 2.64. The van der Waals surface area contributed by atoms with Crippen LogP contribution >= 0.6 is 0 Å². The van der Waals surface area contributed by atoms with Crippen molar-refractivity contribution in [3.63, 3.8) is 0 Å². The topological polar surface area (TPSA) is 23.5 Å². The highest BCUT2D eigenvalue weighted by atomic mass is 19.4. The molecule has 0 aliphatic carbocycles. The van der Waals surface area contributed by atoms with Gasteiger partial charge in [-0.3, -0.25) is 4.90 Å². The lowest BCUT2D eigenvalue weighted by Crippen LogP contribution is -2.35. The van der Waals surface area contributed by atoms with Gasteiger partial charge in [0.1, 0.15) is 0 Å². The van der Waals surface area contributed by atoms with Crippen molar-refractivity contribution in [2.45, 2.75) is 32.2 Å². The minimum atomic E-state index is -4.29. The van der Waals surface area contributed by atoms with Gasteiger partial charge in [-0.25, -0.2) is 0 Å². The molecule has 0 aliphatic heterocycles. The maximum Gasteiger partial charge on any atom is 0.416 e. The quantitative estimate of drug-likeness (QED) is 0.900. The number of hydrogen-bond acceptors (Lipinski definition) is 2. The molecule has 0 saturated heterocycles. The summed E-state index contributed by atoms with van der Waals surface area (Å²) in [5.41, 5.74) is -0.674. The number of hydrogen-bond donors (Lipinski definition) is 1. The minimum Gasteiger partial charge on any atom is -0.389 e. The van der Waals surface area contributed by atoms with Gasteiger partial charge in [-0.15, -0.1) is 0 Å². The normalized spacial score (nSPS) is 13.1. The molecule has 1 aromatic rings. The average Bonchev–Trinajstić information content (AvgIpc) is 2.13. The van der Waals surface area contributed by atoms with Crippen LogP contribution in [0.2, 0.25) is 0 Å². The smallest absolute Gasteiger partial charge is 0.389 e. The second kappa shape index (κ2) is 5.28. The van der Waals surface area contributed by atoms with Crippen molar-refractivity contribution in [2.75, 3.05) is 13.6 Å². The van der Waals surface area contributed by atoms with Gasteiger partial charge in [0.15, 0.2) is 0 Å². The predicted molar refractivity (Wildman–Crippen MR) is 64.1 cm³/mol. The van der Waals surface area contributed by atoms with Crippen LogP contribution < -0.4 is 0 Å². The van der Waals surface area contributed by atoms with Crippen LogP contribution in [0.1, 0.15) is 25.0 Å². The van der Waals surface area contributed by atoms with E-state index >= 15 is 0 Å². The molecule has 5 heteroatoms. The maximum atomic E-state index is 12.4. The van der Waals surface area contributed by atoms with Crippen LogP contribution in [0.3, 0.4) is 0 Å². The van der Waals surface area contributed by atoms with E-state index in [1.165, 1.54) is 12.1 Å². The number of rotatable bonds is 4. The van der Waals surface area contributed by atoms with Crippen molar-refractivity contribution in [1.82, 2.24) is 4.90 Å². The molecule has 0 atom stereocenters. The van der Waals surface area contributed by atoms with E-state index in [1.807, 2.05) is 11.9 Å². The van der Waals surface area contributed by atoms with Crippen LogP contribution in [0.4, 0.5) is 13.2 Å². The summed E-state index contributed by atoms with van der Waals surface area (Å²) < 4.78 is 37.1. The first-order valence-corrected chi connectivity index (χ1v) is 5.65. The second-order valence-electron chi connectivity index (χ2n) is 5.18. The summed E-state index contributed by atoms with van der Waals surface area (Å²) in [6.45, 7) is 4.34. The van der Waals surface area contributed by atoms with Crippen molar-refractivity contribution in [3.05, 3.63) is 35.4 Å². The Bertz CT molecular complexity index is 379. The van der Waals surface area contributed by atoms with E-state index in [2.05, 4.69) is 0 Å². The third kappa shape index (κ3) is 5.06. The maximum absolute atomic E-state index is 12.4. The number of nitrogens with zero attached hydrogens (tertiary/aromatic N) is 1. The lowest BCUT2D eigenvalue weighted by molar-refractivity contribution is -0.137. The van der Waals surface area contributed by atoms with Gasteiger partial charge in [0, 0.05) is 13.1 Å². The molecule has 0 spiro atoms. The van der Waals surface area contributed by atoms with E-state index in [-0.39, 0.29) is 0 Å². The Labute approximate surface area is 105 Å². The molecule has 0 saturated carbocycles. The fourth-order valence-corrected chi connectivity index (χ4v) is 1.83. The largest absolute Gasteiger partial charge is 0.416 e. The summed E-state index contributed by atoms with van der Waals surface area (Å²) >= 11 is 0. The standard InChI is InChI=1S/C13H18F3NO/c1-12(2,18)9-17(3)8-10-4-6-11(7-5-10)13(14,15)16/h4-7,18H,8-9H2,1-3H3. The average molecular weight is 261 g/mol. The van der Waals surface area contributed by atoms with Gasteiger partial charge < -0.3 is 5.11 Å². The van der Waals surface area contributed by atoms with Crippen molar-refractivity contribution in [1.29, 1.82) is 0 Å². The van der Waals surface area contributed by atoms with Crippen molar-refractivity contribution >= 4 is 0 Å². The Morgan fingerprint density at radius 2 is 1.61 bits per heavy atom. The van der Waals surface area contributed by atoms with Gasteiger partial charge in [0.25, 0.3) is 0 Å². The van der Waals surface area contributed by atoms with E-state index in [1.54, 1.807) is 13.8 Å². The molecule has 0 amide bonds. The molecule has 18 heavy (non-hydrogen) atoms. The van der Waals surface area contributed by atoms with Gasteiger partial charge in [0.05, 0.1) is 11.2 Å². The summed E-state index contributed by atoms with van der Waals surface area (Å²) in [6, 6.07) is 5.08. The Kier molecular flexibility index (Phi) is 4.40. The zero-order valence-electron chi connectivity index (χ0n) is 10.8. The summed E-state index contributed by atoms with van der Waals surface area (Å²) in [6.07, 6.45) is -4.29. The lowest BCUT2D eigenvalue weighted by atomic mass is 10.1. The summed E-state index contributed by atoms with van der Waals surface area (Å²) in [7, 11) is 1.82. The zero-order chi connectivity index (χ0) is 14.0. The highest BCUT2D eigenvalue weighted by Crippen LogP contribution is 2.29. The summed E-state index contributed by atoms with van der Waals surface area (Å²) in [5, 5.41) is 9.63. The Morgan fingerprint density at radius 1 is 1.11 bits per heavy atom. The highest BCUT2D eigenvalue weighted by Gasteiger charge is 2.29. The van der Waals surface area contributed by atoms with Crippen LogP contribution in [-0.2, 0) is 12.7 Å². The van der Waals surface area contributed by atoms with Crippen molar-refractivity contribution in [3.8, 4) is 0 Å². The fourth-order valence-electron chi connectivity index (χ4n) is 1.83. The van der Waals surface area contributed by atoms with Gasteiger partial charge in [0.2, 0.25) is 0 Å². The number of aliphatic hydroxyl groups is 1. The minimum absolute atomic E-state index is 0.452. The zero-order valence-corrected chi connectivity index (χ0v) is 10.8. The van der Waals surface area contributed by atoms with E-state index in [0.717, 1.165) is 17.7 Å². The van der Waals surface area contributed by atoms with Crippen molar-refractivity contribution in [2.24, 2.45) is 0 Å². The molecule has 1 rings (SSSR count). The predicted octanol–water partition coefficient (Wildman–Crippen LogP) is 2.91. The molecule has 1 N–H and O–H groups in total. The Morgan fingerprint density at radius 3 is 2.00 bits per heavy atom. The van der Waals surface area contributed by atoms with Gasteiger partial charge in [-0.1, -0.05) is 12.1 Å². The van der Waals surface area contributed by atoms with Crippen LogP contribution in [0, 0.1) is 0 Å². The first-order valence-electron chi connectivity index (χ1n) is 5.65. The second-order valence-corrected chi connectivity index (χ2v) is 5.18. The molecule has 2 nitrogen and oxygen atoms in total. The van der Waals surface area contributed by atoms with Crippen LogP contribution in [0.15, 0.2) is 24.3 Å². The van der Waals surface area contributed by atoms with E-state index < -0.39 is 17.3 Å². The molecule has 0 aromatic heterocycles. The van der Waals surface area contributed by atoms with E-state index in [4.69, 9.17) is 0 Å². The molecular weight excluding hydrogens is 243 g/mol. The lowest BCUT2D eigenvalue weighted by Gasteiger charge is -2.25. The number of benzene rings is 1. The van der Waals surface area contributed by atoms with E-state index in [0.29, 0.717) is 13.1 Å². The first-order chi connectivity index (χ1) is 8.08. The van der Waals surface area contributed by atoms with Crippen LogP contribution in [0.25, 0.3) is 0 Å². The number of alkyl halides is 3. The van der Waals surface area contributed by atoms with Gasteiger partial charge in [-0.2, -0.15) is 13.2 Å². The molecular formula is C13H18F3NO. The molecule has 0 radical (unpaired) electrons. The molecule has 0 fully saturated rings. The molecule has 0 unspecified atom stereocenters. The monoisotopic (exact) mass is 261 g/mol.